The lowest BCUT2D eigenvalue weighted by atomic mass is 10.2. The summed E-state index contributed by atoms with van der Waals surface area (Å²) in [5, 5.41) is 8.68. The van der Waals surface area contributed by atoms with Gasteiger partial charge in [0, 0.05) is 0 Å². The van der Waals surface area contributed by atoms with Crippen molar-refractivity contribution in [2.24, 2.45) is 0 Å². The van der Waals surface area contributed by atoms with Crippen LogP contribution in [0, 0.1) is 11.3 Å². The lowest BCUT2D eigenvalue weighted by Gasteiger charge is -2.06. The Kier molecular flexibility index (Phi) is 3.07. The van der Waals surface area contributed by atoms with Crippen molar-refractivity contribution < 1.29 is 8.42 Å². The van der Waals surface area contributed by atoms with Crippen LogP contribution in [0.25, 0.3) is 11.0 Å². The van der Waals surface area contributed by atoms with Gasteiger partial charge in [-0.1, -0.05) is 11.6 Å². The molecule has 0 saturated carbocycles. The largest absolute Gasteiger partial charge is 0.265 e. The number of aromatic nitrogens is 2. The van der Waals surface area contributed by atoms with E-state index >= 15 is 0 Å². The third-order valence-electron chi connectivity index (χ3n) is 2.03. The van der Waals surface area contributed by atoms with Crippen molar-refractivity contribution in [3.05, 3.63) is 28.9 Å². The van der Waals surface area contributed by atoms with E-state index in [4.69, 9.17) is 16.9 Å². The number of nitrogens with one attached hydrogen (secondary N) is 1. The van der Waals surface area contributed by atoms with E-state index in [1.54, 1.807) is 12.1 Å². The maximum Gasteiger partial charge on any atom is 0.231 e. The van der Waals surface area contributed by atoms with E-state index in [2.05, 4.69) is 14.7 Å². The number of rotatable bonds is 2. The van der Waals surface area contributed by atoms with E-state index in [0.717, 1.165) is 6.26 Å². The number of sulfonamides is 1. The second-order valence-electron chi connectivity index (χ2n) is 3.55. The van der Waals surface area contributed by atoms with Gasteiger partial charge in [-0.25, -0.2) is 18.4 Å². The van der Waals surface area contributed by atoms with Gasteiger partial charge in [0.2, 0.25) is 10.0 Å². The van der Waals surface area contributed by atoms with Crippen molar-refractivity contribution in [3.8, 4) is 6.07 Å². The fraction of sp³-hybridized carbons (Fsp3) is 0.100. The summed E-state index contributed by atoms with van der Waals surface area (Å²) in [5.41, 5.74) is 1.30. The zero-order chi connectivity index (χ0) is 13.3. The zero-order valence-electron chi connectivity index (χ0n) is 9.18. The molecule has 8 heteroatoms. The molecular weight excluding hydrogens is 276 g/mol. The molecule has 18 heavy (non-hydrogen) atoms. The molecule has 0 unspecified atom stereocenters. The van der Waals surface area contributed by atoms with Crippen molar-refractivity contribution >= 4 is 38.5 Å². The average molecular weight is 283 g/mol. The summed E-state index contributed by atoms with van der Waals surface area (Å²) >= 11 is 5.82. The predicted octanol–water partition coefficient (Wildman–Crippen LogP) is 1.53. The van der Waals surface area contributed by atoms with Crippen LogP contribution in [0.5, 0.6) is 0 Å². The van der Waals surface area contributed by atoms with E-state index < -0.39 is 10.0 Å². The first-order valence-corrected chi connectivity index (χ1v) is 7.01. The van der Waals surface area contributed by atoms with Crippen LogP contribution in [0.15, 0.2) is 18.2 Å². The third kappa shape index (κ3) is 2.67. The normalized spacial score (nSPS) is 11.2. The van der Waals surface area contributed by atoms with Crippen LogP contribution < -0.4 is 4.72 Å². The molecule has 1 heterocycles. The van der Waals surface area contributed by atoms with E-state index in [0.29, 0.717) is 16.6 Å². The Morgan fingerprint density at radius 3 is 2.67 bits per heavy atom. The van der Waals surface area contributed by atoms with Gasteiger partial charge >= 0.3 is 0 Å². The molecule has 0 atom stereocenters. The Labute approximate surface area is 108 Å². The summed E-state index contributed by atoms with van der Waals surface area (Å²) in [5.74, 6) is -0.0311. The summed E-state index contributed by atoms with van der Waals surface area (Å²) in [7, 11) is -3.47. The number of nitriles is 1. The molecule has 0 aliphatic heterocycles. The molecule has 1 aromatic carbocycles. The standard InChI is InChI=1S/C10H7ClN4O2S/c1-18(16,17)15-10-9(11)13-8-4-6(5-12)2-3-7(8)14-10/h2-4H,1H3,(H,14,15). The van der Waals surface area contributed by atoms with Gasteiger partial charge in [-0.3, -0.25) is 4.72 Å². The van der Waals surface area contributed by atoms with Crippen LogP contribution >= 0.6 is 11.6 Å². The van der Waals surface area contributed by atoms with Crippen LogP contribution in [-0.2, 0) is 10.0 Å². The average Bonchev–Trinajstić information content (AvgIpc) is 2.27. The fourth-order valence-corrected chi connectivity index (χ4v) is 2.07. The molecule has 0 spiro atoms. The number of benzene rings is 1. The van der Waals surface area contributed by atoms with E-state index in [1.165, 1.54) is 6.07 Å². The smallest absolute Gasteiger partial charge is 0.231 e. The Hall–Kier alpha value is -1.91. The fourth-order valence-electron chi connectivity index (χ4n) is 1.34. The summed E-state index contributed by atoms with van der Waals surface area (Å²) in [6.07, 6.45) is 0.994. The summed E-state index contributed by atoms with van der Waals surface area (Å²) < 4.78 is 24.4. The van der Waals surface area contributed by atoms with Gasteiger partial charge in [0.05, 0.1) is 28.9 Å². The van der Waals surface area contributed by atoms with Crippen molar-refractivity contribution in [2.45, 2.75) is 0 Å². The van der Waals surface area contributed by atoms with Gasteiger partial charge in [0.1, 0.15) is 0 Å². The monoisotopic (exact) mass is 282 g/mol. The van der Waals surface area contributed by atoms with Crippen LogP contribution in [0.2, 0.25) is 5.15 Å². The molecule has 6 nitrogen and oxygen atoms in total. The highest BCUT2D eigenvalue weighted by molar-refractivity contribution is 7.92. The molecule has 0 amide bonds. The van der Waals surface area contributed by atoms with Crippen LogP contribution in [0.1, 0.15) is 5.56 Å². The molecule has 0 fully saturated rings. The van der Waals surface area contributed by atoms with Crippen molar-refractivity contribution in [1.82, 2.24) is 9.97 Å². The first-order valence-electron chi connectivity index (χ1n) is 4.74. The van der Waals surface area contributed by atoms with Gasteiger partial charge in [0.25, 0.3) is 0 Å². The molecule has 0 radical (unpaired) electrons. The molecule has 0 aliphatic carbocycles. The van der Waals surface area contributed by atoms with Crippen LogP contribution in [0.4, 0.5) is 5.82 Å². The minimum absolute atomic E-state index is 0.0311. The predicted molar refractivity (Wildman–Crippen MR) is 67.7 cm³/mol. The Bertz CT molecular complexity index is 767. The molecule has 1 aromatic heterocycles. The number of fused-ring (bicyclic) bond motifs is 1. The van der Waals surface area contributed by atoms with Crippen LogP contribution in [0.3, 0.4) is 0 Å². The molecule has 1 N–H and O–H groups in total. The lowest BCUT2D eigenvalue weighted by molar-refractivity contribution is 0.606. The molecule has 2 rings (SSSR count). The topological polar surface area (TPSA) is 95.7 Å². The molecular formula is C10H7ClN4O2S. The molecule has 0 saturated heterocycles. The maximum atomic E-state index is 11.1. The highest BCUT2D eigenvalue weighted by Gasteiger charge is 2.11. The second-order valence-corrected chi connectivity index (χ2v) is 5.66. The summed E-state index contributed by atoms with van der Waals surface area (Å²) in [4.78, 5) is 8.03. The SMILES string of the molecule is CS(=O)(=O)Nc1nc2ccc(C#N)cc2nc1Cl. The molecule has 2 aromatic rings. The minimum atomic E-state index is -3.47. The van der Waals surface area contributed by atoms with Gasteiger partial charge in [-0.2, -0.15) is 5.26 Å². The van der Waals surface area contributed by atoms with Gasteiger partial charge in [-0.15, -0.1) is 0 Å². The van der Waals surface area contributed by atoms with Crippen LogP contribution in [-0.4, -0.2) is 24.6 Å². The summed E-state index contributed by atoms with van der Waals surface area (Å²) in [6.45, 7) is 0. The van der Waals surface area contributed by atoms with E-state index in [-0.39, 0.29) is 11.0 Å². The second kappa shape index (κ2) is 4.40. The third-order valence-corrected chi connectivity index (χ3v) is 2.86. The number of halogens is 1. The number of hydrogen-bond donors (Lipinski definition) is 1. The van der Waals surface area contributed by atoms with Gasteiger partial charge < -0.3 is 0 Å². The van der Waals surface area contributed by atoms with Crippen molar-refractivity contribution in [1.29, 1.82) is 5.26 Å². The first-order chi connectivity index (χ1) is 8.39. The van der Waals surface area contributed by atoms with Crippen molar-refractivity contribution in [3.63, 3.8) is 0 Å². The summed E-state index contributed by atoms with van der Waals surface area (Å²) in [6, 6.07) is 6.63. The zero-order valence-corrected chi connectivity index (χ0v) is 10.7. The maximum absolute atomic E-state index is 11.1. The molecule has 0 bridgehead atoms. The highest BCUT2D eigenvalue weighted by Crippen LogP contribution is 2.22. The lowest BCUT2D eigenvalue weighted by Crippen LogP contribution is -2.11. The van der Waals surface area contributed by atoms with Gasteiger partial charge in [-0.05, 0) is 18.2 Å². The Balaban J connectivity index is 2.60. The van der Waals surface area contributed by atoms with Crippen molar-refractivity contribution in [2.75, 3.05) is 11.0 Å². The number of hydrogen-bond acceptors (Lipinski definition) is 5. The molecule has 0 aliphatic rings. The number of nitrogens with zero attached hydrogens (tertiary/aromatic N) is 3. The quantitative estimate of drug-likeness (QED) is 0.901. The van der Waals surface area contributed by atoms with E-state index in [1.807, 2.05) is 6.07 Å². The van der Waals surface area contributed by atoms with Gasteiger partial charge in [0.15, 0.2) is 11.0 Å². The minimum Gasteiger partial charge on any atom is -0.265 e. The number of anilines is 1. The molecule has 92 valence electrons. The Morgan fingerprint density at radius 2 is 2.06 bits per heavy atom. The Morgan fingerprint density at radius 1 is 1.33 bits per heavy atom. The van der Waals surface area contributed by atoms with E-state index in [9.17, 15) is 8.42 Å². The first kappa shape index (κ1) is 12.5. The highest BCUT2D eigenvalue weighted by atomic mass is 35.5.